The quantitative estimate of drug-likeness (QED) is 0.151. The number of anilines is 2. The van der Waals surface area contributed by atoms with Crippen molar-refractivity contribution in [2.75, 3.05) is 11.1 Å². The molecule has 254 valence electrons. The molecule has 4 heterocycles. The van der Waals surface area contributed by atoms with Gasteiger partial charge in [0.1, 0.15) is 0 Å². The van der Waals surface area contributed by atoms with Gasteiger partial charge in [-0.2, -0.15) is 0 Å². The third kappa shape index (κ3) is 25.5. The second kappa shape index (κ2) is 36.3. The van der Waals surface area contributed by atoms with E-state index in [1.54, 1.807) is 74.0 Å². The van der Waals surface area contributed by atoms with Gasteiger partial charge in [-0.3, -0.25) is 29.8 Å². The van der Waals surface area contributed by atoms with Crippen LogP contribution in [0.3, 0.4) is 0 Å². The fraction of sp³-hybridized carbons (Fsp3) is 0.379. The third-order valence-corrected chi connectivity index (χ3v) is 4.78. The Labute approximate surface area is 379 Å². The van der Waals surface area contributed by atoms with Gasteiger partial charge in [-0.05, 0) is 45.0 Å². The van der Waals surface area contributed by atoms with Crippen LogP contribution >= 0.6 is 74.5 Å². The predicted molar refractivity (Wildman–Crippen MR) is 213 cm³/mol. The number of nitrogen functional groups attached to an aromatic ring is 1. The van der Waals surface area contributed by atoms with E-state index in [-0.39, 0.29) is 77.1 Å². The minimum absolute atomic E-state index is 0. The van der Waals surface area contributed by atoms with E-state index in [4.69, 9.17) is 5.73 Å². The maximum Gasteiger partial charge on any atom is 0 e. The van der Waals surface area contributed by atoms with Crippen LogP contribution in [0, 0.1) is 40.1 Å². The molecule has 0 saturated carbocycles. The summed E-state index contributed by atoms with van der Waals surface area (Å²) in [7, 11) is 3.56. The number of Topliss-reactive ketones (excluding diaryl/α,β-unsaturated/α-hetero) is 1. The molecule has 0 fully saturated rings. The van der Waals surface area contributed by atoms with Crippen LogP contribution in [0.4, 0.5) is 11.4 Å². The summed E-state index contributed by atoms with van der Waals surface area (Å²) in [5, 5.41) is 10.8. The minimum Gasteiger partial charge on any atom is 0 e. The number of nitrogens with two attached hydrogens (primary N) is 1. The molecule has 4 aromatic rings. The Balaban J connectivity index is -0.000000167. The molecular formula is C29H42I5N8O2Y2-3. The molecule has 3 N–H and O–H groups in total. The number of pyridine rings is 2. The zero-order chi connectivity index (χ0) is 34.8. The topological polar surface area (TPSA) is 134 Å². The van der Waals surface area contributed by atoms with Crippen molar-refractivity contribution in [3.63, 3.8) is 0 Å². The molecular weight excluding hydrogens is 1300 g/mol. The summed E-state index contributed by atoms with van der Waals surface area (Å²) in [6.45, 7) is 16.9. The van der Waals surface area contributed by atoms with Crippen molar-refractivity contribution in [2.24, 2.45) is 14.1 Å². The van der Waals surface area contributed by atoms with Gasteiger partial charge < -0.3 is 20.4 Å². The predicted octanol–water partition coefficient (Wildman–Crippen LogP) is 5.78. The molecule has 0 spiro atoms. The first kappa shape index (κ1) is 56.9. The van der Waals surface area contributed by atoms with Crippen molar-refractivity contribution in [3.8, 4) is 0 Å². The van der Waals surface area contributed by atoms with E-state index in [9.17, 15) is 9.59 Å². The zero-order valence-corrected chi connectivity index (χ0v) is 44.5. The van der Waals surface area contributed by atoms with Crippen LogP contribution in [-0.2, 0) is 79.5 Å². The third-order valence-electron chi connectivity index (χ3n) is 4.78. The Morgan fingerprint density at radius 1 is 0.783 bits per heavy atom. The minimum atomic E-state index is -0.192. The Bertz CT molecular complexity index is 1340. The van der Waals surface area contributed by atoms with Crippen LogP contribution in [0.25, 0.3) is 0 Å². The monoisotopic (exact) mass is 1350 g/mol. The van der Waals surface area contributed by atoms with E-state index in [2.05, 4.69) is 112 Å². The number of nitrogens with one attached hydrogen (secondary N) is 1. The summed E-state index contributed by atoms with van der Waals surface area (Å²) in [4.78, 5) is 30.9. The van der Waals surface area contributed by atoms with Gasteiger partial charge in [-0.1, -0.05) is 58.6 Å². The van der Waals surface area contributed by atoms with E-state index in [0.717, 1.165) is 17.1 Å². The molecule has 1 amide bonds. The smallest absolute Gasteiger partial charge is 0 e. The average molecular weight is 1350 g/mol. The molecule has 0 aromatic carbocycles. The second-order valence-corrected chi connectivity index (χ2v) is 24.0. The molecule has 0 atom stereocenters. The van der Waals surface area contributed by atoms with E-state index in [0.29, 0.717) is 41.5 Å². The Kier molecular flexibility index (Phi) is 44.9. The normalized spacial score (nSPS) is 8.41. The first-order valence-corrected chi connectivity index (χ1v) is 32.0. The molecule has 0 bridgehead atoms. The first-order chi connectivity index (χ1) is 20.9. The Hall–Kier alpha value is 1.52. The van der Waals surface area contributed by atoms with Crippen molar-refractivity contribution >= 4 is 97.5 Å². The van der Waals surface area contributed by atoms with Crippen LogP contribution in [-0.4, -0.2) is 41.2 Å². The van der Waals surface area contributed by atoms with E-state index in [1.807, 2.05) is 48.5 Å². The van der Waals surface area contributed by atoms with Gasteiger partial charge in [0.05, 0.1) is 5.56 Å². The number of aryl methyl sites for hydroxylation is 6. The number of aromatic nitrogens is 6. The second-order valence-electron chi connectivity index (χ2n) is 7.77. The number of hydrogen-bond acceptors (Lipinski definition) is 7. The molecule has 0 aliphatic heterocycles. The maximum atomic E-state index is 12.0. The van der Waals surface area contributed by atoms with Gasteiger partial charge in [0, 0.05) is 146 Å². The Morgan fingerprint density at radius 2 is 1.17 bits per heavy atom. The number of halogens is 5. The molecule has 10 nitrogen and oxygen atoms in total. The van der Waals surface area contributed by atoms with Crippen LogP contribution in [0.2, 0.25) is 0 Å². The van der Waals surface area contributed by atoms with E-state index >= 15 is 0 Å². The SMILES string of the molecule is CC.CC.CC(=O)c1cccnc1C.Cc1nn(C)[c-]c1N.Cc1nn(C)[c-]c1NC(=O)c1cccnc1C.II.I[I-]I.[Y].[Y]. The fourth-order valence-electron chi connectivity index (χ4n) is 2.98. The average Bonchev–Trinajstić information content (AvgIpc) is 3.49. The largest absolute Gasteiger partial charge is 0 e. The van der Waals surface area contributed by atoms with Crippen molar-refractivity contribution < 1.29 is 88.3 Å². The molecule has 4 aromatic heterocycles. The molecule has 0 aliphatic rings. The standard InChI is InChI=1S/C12H13N4O.C8H9NO.C5H8N3.2C2H6.I3.I2.2Y/c1-8-10(5-4-6-13-8)12(17)14-11-7-16(3)15-9(11)2;1-6-8(7(2)10)4-3-5-9-6;1-4-5(6)3-8(2)7-4;2*1-2;1-3-2;1-2;;/h4-6H,1-3H3,(H,14,17);3-5H,1-2H3;6H2,1-2H3;2*1-2H3;;;;/q-1;;-1;;;-1;;;. The van der Waals surface area contributed by atoms with Crippen LogP contribution in [0.15, 0.2) is 36.7 Å². The number of amides is 1. The van der Waals surface area contributed by atoms with Crippen LogP contribution in [0.5, 0.6) is 0 Å². The number of ketones is 1. The number of carbonyl (C=O) groups is 2. The summed E-state index contributed by atoms with van der Waals surface area (Å²) in [6, 6.07) is 7.03. The number of hydrogen-bond donors (Lipinski definition) is 2. The summed E-state index contributed by atoms with van der Waals surface area (Å²) < 4.78 is 3.12. The molecule has 46 heavy (non-hydrogen) atoms. The summed E-state index contributed by atoms with van der Waals surface area (Å²) in [5.74, 6) is -0.117. The van der Waals surface area contributed by atoms with Crippen LogP contribution < -0.4 is 24.3 Å². The first-order valence-electron chi connectivity index (χ1n) is 13.2. The molecule has 4 rings (SSSR count). The van der Waals surface area contributed by atoms with Crippen molar-refractivity contribution in [3.05, 3.63) is 83.0 Å². The van der Waals surface area contributed by atoms with Gasteiger partial charge in [-0.15, -0.1) is 18.1 Å². The van der Waals surface area contributed by atoms with Gasteiger partial charge in [0.25, 0.3) is 5.91 Å². The summed E-state index contributed by atoms with van der Waals surface area (Å²) in [6.07, 6.45) is 9.05. The van der Waals surface area contributed by atoms with Crippen molar-refractivity contribution in [2.45, 2.75) is 62.3 Å². The van der Waals surface area contributed by atoms with Crippen molar-refractivity contribution in [1.29, 1.82) is 0 Å². The molecule has 2 radical (unpaired) electrons. The summed E-state index contributed by atoms with van der Waals surface area (Å²) >= 11 is 9.54. The number of rotatable bonds is 3. The molecule has 0 aliphatic carbocycles. The van der Waals surface area contributed by atoms with E-state index < -0.39 is 0 Å². The van der Waals surface area contributed by atoms with Gasteiger partial charge >= 0.3 is 50.5 Å². The number of nitrogens with zero attached hydrogens (tertiary/aromatic N) is 6. The van der Waals surface area contributed by atoms with Gasteiger partial charge in [0.15, 0.2) is 5.78 Å². The zero-order valence-electron chi connectivity index (χ0n) is 28.1. The maximum absolute atomic E-state index is 12.0. The van der Waals surface area contributed by atoms with E-state index in [1.165, 1.54) is 0 Å². The molecule has 0 saturated heterocycles. The van der Waals surface area contributed by atoms with Crippen LogP contribution in [0.1, 0.15) is 78.1 Å². The molecule has 0 unspecified atom stereocenters. The summed E-state index contributed by atoms with van der Waals surface area (Å²) in [5.41, 5.74) is 11.0. The fourth-order valence-corrected chi connectivity index (χ4v) is 2.98. The van der Waals surface area contributed by atoms with Crippen molar-refractivity contribution in [1.82, 2.24) is 29.5 Å². The molecule has 17 heteroatoms. The Morgan fingerprint density at radius 3 is 1.43 bits per heavy atom. The van der Waals surface area contributed by atoms with Gasteiger partial charge in [0.2, 0.25) is 0 Å². The number of carbonyl (C=O) groups excluding carboxylic acids is 2. The van der Waals surface area contributed by atoms with Gasteiger partial charge in [-0.25, -0.2) is 0 Å².